The fourth-order valence-corrected chi connectivity index (χ4v) is 1.64. The number of hydrogen-bond acceptors (Lipinski definition) is 3. The van der Waals surface area contributed by atoms with Gasteiger partial charge >= 0.3 is 0 Å². The van der Waals surface area contributed by atoms with E-state index in [2.05, 4.69) is 17.2 Å². The molecule has 0 aliphatic heterocycles. The van der Waals surface area contributed by atoms with Gasteiger partial charge in [-0.1, -0.05) is 0 Å². The summed E-state index contributed by atoms with van der Waals surface area (Å²) >= 11 is 0. The van der Waals surface area contributed by atoms with Crippen molar-refractivity contribution < 1.29 is 5.11 Å². The molecule has 0 aromatic carbocycles. The van der Waals surface area contributed by atoms with Crippen molar-refractivity contribution in [3.63, 3.8) is 0 Å². The lowest BCUT2D eigenvalue weighted by Gasteiger charge is -2.28. The predicted molar refractivity (Wildman–Crippen MR) is 61.7 cm³/mol. The Morgan fingerprint density at radius 2 is 2.00 bits per heavy atom. The summed E-state index contributed by atoms with van der Waals surface area (Å²) in [6.45, 7) is 6.26. The zero-order chi connectivity index (χ0) is 11.3. The van der Waals surface area contributed by atoms with Crippen molar-refractivity contribution in [1.29, 1.82) is 0 Å². The number of aliphatic hydroxyl groups excluding tert-OH is 1. The van der Waals surface area contributed by atoms with Crippen molar-refractivity contribution in [1.82, 2.24) is 10.3 Å². The molecule has 1 heterocycles. The van der Waals surface area contributed by atoms with E-state index < -0.39 is 0 Å². The standard InChI is InChI=1S/C12H20N2O/c1-10(14-12(2,3)9-15)8-11-4-6-13-7-5-11/h4-7,10,14-15H,8-9H2,1-3H3. The molecule has 15 heavy (non-hydrogen) atoms. The number of nitrogens with zero attached hydrogens (tertiary/aromatic N) is 1. The number of pyridine rings is 1. The molecule has 2 N–H and O–H groups in total. The molecule has 0 aliphatic rings. The van der Waals surface area contributed by atoms with E-state index in [0.717, 1.165) is 6.42 Å². The lowest BCUT2D eigenvalue weighted by atomic mass is 10.0. The Morgan fingerprint density at radius 3 is 2.53 bits per heavy atom. The molecule has 1 aromatic rings. The number of rotatable bonds is 5. The maximum absolute atomic E-state index is 9.14. The van der Waals surface area contributed by atoms with Gasteiger partial charge in [0.1, 0.15) is 0 Å². The summed E-state index contributed by atoms with van der Waals surface area (Å²) in [7, 11) is 0. The molecular formula is C12H20N2O. The van der Waals surface area contributed by atoms with Gasteiger partial charge in [0.25, 0.3) is 0 Å². The normalized spacial score (nSPS) is 13.9. The van der Waals surface area contributed by atoms with Crippen LogP contribution in [-0.2, 0) is 6.42 Å². The quantitative estimate of drug-likeness (QED) is 0.768. The van der Waals surface area contributed by atoms with Crippen molar-refractivity contribution >= 4 is 0 Å². The Morgan fingerprint density at radius 1 is 1.40 bits per heavy atom. The van der Waals surface area contributed by atoms with Crippen molar-refractivity contribution in [2.24, 2.45) is 0 Å². The second-order valence-corrected chi connectivity index (χ2v) is 4.65. The third-order valence-electron chi connectivity index (χ3n) is 2.32. The highest BCUT2D eigenvalue weighted by atomic mass is 16.3. The number of hydrogen-bond donors (Lipinski definition) is 2. The first-order valence-electron chi connectivity index (χ1n) is 5.31. The summed E-state index contributed by atoms with van der Waals surface area (Å²) in [6.07, 6.45) is 4.56. The molecule has 0 spiro atoms. The van der Waals surface area contributed by atoms with E-state index >= 15 is 0 Å². The minimum atomic E-state index is -0.216. The van der Waals surface area contributed by atoms with Gasteiger partial charge in [-0.15, -0.1) is 0 Å². The van der Waals surface area contributed by atoms with Gasteiger partial charge < -0.3 is 10.4 Å². The summed E-state index contributed by atoms with van der Waals surface area (Å²) in [5, 5.41) is 12.5. The second kappa shape index (κ2) is 5.24. The molecule has 0 amide bonds. The van der Waals surface area contributed by atoms with Crippen molar-refractivity contribution in [2.45, 2.75) is 38.8 Å². The average molecular weight is 208 g/mol. The molecule has 0 fully saturated rings. The monoisotopic (exact) mass is 208 g/mol. The third kappa shape index (κ3) is 4.40. The van der Waals surface area contributed by atoms with E-state index in [1.54, 1.807) is 12.4 Å². The van der Waals surface area contributed by atoms with Gasteiger partial charge in [-0.2, -0.15) is 0 Å². The third-order valence-corrected chi connectivity index (χ3v) is 2.32. The van der Waals surface area contributed by atoms with Crippen LogP contribution in [0.3, 0.4) is 0 Å². The van der Waals surface area contributed by atoms with Crippen LogP contribution < -0.4 is 5.32 Å². The first kappa shape index (κ1) is 12.1. The van der Waals surface area contributed by atoms with E-state index in [0.29, 0.717) is 6.04 Å². The molecule has 84 valence electrons. The van der Waals surface area contributed by atoms with Crippen LogP contribution in [-0.4, -0.2) is 28.3 Å². The van der Waals surface area contributed by atoms with Gasteiger partial charge in [0.05, 0.1) is 6.61 Å². The average Bonchev–Trinajstić information content (AvgIpc) is 2.18. The number of nitrogens with one attached hydrogen (secondary N) is 1. The zero-order valence-electron chi connectivity index (χ0n) is 9.70. The first-order chi connectivity index (χ1) is 7.03. The molecule has 0 bridgehead atoms. The second-order valence-electron chi connectivity index (χ2n) is 4.65. The first-order valence-corrected chi connectivity index (χ1v) is 5.31. The van der Waals surface area contributed by atoms with Crippen LogP contribution >= 0.6 is 0 Å². The minimum absolute atomic E-state index is 0.147. The predicted octanol–water partition coefficient (Wildman–Crippen LogP) is 1.37. The van der Waals surface area contributed by atoms with Crippen LogP contribution in [0.25, 0.3) is 0 Å². The maximum Gasteiger partial charge on any atom is 0.0607 e. The Hall–Kier alpha value is -0.930. The SMILES string of the molecule is CC(Cc1ccncc1)NC(C)(C)CO. The summed E-state index contributed by atoms with van der Waals surface area (Å²) in [6, 6.07) is 4.38. The van der Waals surface area contributed by atoms with E-state index in [9.17, 15) is 0 Å². The van der Waals surface area contributed by atoms with Gasteiger partial charge in [-0.3, -0.25) is 4.98 Å². The molecule has 1 aromatic heterocycles. The van der Waals surface area contributed by atoms with E-state index in [1.165, 1.54) is 5.56 Å². The molecule has 3 nitrogen and oxygen atoms in total. The van der Waals surface area contributed by atoms with Crippen LogP contribution in [0.5, 0.6) is 0 Å². The van der Waals surface area contributed by atoms with Gasteiger partial charge in [0.15, 0.2) is 0 Å². The molecule has 1 rings (SSSR count). The molecule has 0 aliphatic carbocycles. The molecule has 3 heteroatoms. The van der Waals surface area contributed by atoms with Crippen LogP contribution in [0.4, 0.5) is 0 Å². The lowest BCUT2D eigenvalue weighted by Crippen LogP contribution is -2.48. The topological polar surface area (TPSA) is 45.2 Å². The van der Waals surface area contributed by atoms with Gasteiger partial charge in [0, 0.05) is 24.0 Å². The maximum atomic E-state index is 9.14. The minimum Gasteiger partial charge on any atom is -0.394 e. The van der Waals surface area contributed by atoms with E-state index in [4.69, 9.17) is 5.11 Å². The fourth-order valence-electron chi connectivity index (χ4n) is 1.64. The highest BCUT2D eigenvalue weighted by Crippen LogP contribution is 2.06. The van der Waals surface area contributed by atoms with Gasteiger partial charge in [-0.25, -0.2) is 0 Å². The zero-order valence-corrected chi connectivity index (χ0v) is 9.70. The molecule has 0 radical (unpaired) electrons. The smallest absolute Gasteiger partial charge is 0.0607 e. The van der Waals surface area contributed by atoms with Crippen LogP contribution in [0.15, 0.2) is 24.5 Å². The number of aliphatic hydroxyl groups is 1. The highest BCUT2D eigenvalue weighted by molar-refractivity contribution is 5.11. The Labute approximate surface area is 91.5 Å². The van der Waals surface area contributed by atoms with Crippen LogP contribution in [0.1, 0.15) is 26.3 Å². The highest BCUT2D eigenvalue weighted by Gasteiger charge is 2.18. The van der Waals surface area contributed by atoms with E-state index in [1.807, 2.05) is 26.0 Å². The summed E-state index contributed by atoms with van der Waals surface area (Å²) in [5.41, 5.74) is 1.05. The van der Waals surface area contributed by atoms with Gasteiger partial charge in [0.2, 0.25) is 0 Å². The fraction of sp³-hybridized carbons (Fsp3) is 0.583. The Bertz CT molecular complexity index is 285. The largest absolute Gasteiger partial charge is 0.394 e. The Balaban J connectivity index is 2.46. The summed E-state index contributed by atoms with van der Waals surface area (Å²) < 4.78 is 0. The molecule has 1 unspecified atom stereocenters. The number of aromatic nitrogens is 1. The van der Waals surface area contributed by atoms with Crippen LogP contribution in [0.2, 0.25) is 0 Å². The van der Waals surface area contributed by atoms with Crippen molar-refractivity contribution in [3.8, 4) is 0 Å². The molecule has 0 saturated heterocycles. The van der Waals surface area contributed by atoms with Crippen molar-refractivity contribution in [2.75, 3.05) is 6.61 Å². The molecular weight excluding hydrogens is 188 g/mol. The Kier molecular flexibility index (Phi) is 4.24. The molecule has 1 atom stereocenters. The van der Waals surface area contributed by atoms with E-state index in [-0.39, 0.29) is 12.1 Å². The van der Waals surface area contributed by atoms with Gasteiger partial charge in [-0.05, 0) is 44.9 Å². The lowest BCUT2D eigenvalue weighted by molar-refractivity contribution is 0.177. The summed E-state index contributed by atoms with van der Waals surface area (Å²) in [4.78, 5) is 3.98. The van der Waals surface area contributed by atoms with Crippen LogP contribution in [0, 0.1) is 0 Å². The molecule has 0 saturated carbocycles. The summed E-state index contributed by atoms with van der Waals surface area (Å²) in [5.74, 6) is 0. The van der Waals surface area contributed by atoms with Crippen molar-refractivity contribution in [3.05, 3.63) is 30.1 Å².